The van der Waals surface area contributed by atoms with E-state index >= 15 is 0 Å². The smallest absolute Gasteiger partial charge is 0.296 e. The van der Waals surface area contributed by atoms with E-state index in [4.69, 9.17) is 4.42 Å². The van der Waals surface area contributed by atoms with Crippen LogP contribution in [0.3, 0.4) is 0 Å². The first kappa shape index (κ1) is 15.3. The Bertz CT molecular complexity index is 730. The Kier molecular flexibility index (Phi) is 4.76. The van der Waals surface area contributed by atoms with Gasteiger partial charge in [-0.15, -0.1) is 0 Å². The summed E-state index contributed by atoms with van der Waals surface area (Å²) in [5, 5.41) is 8.62. The van der Waals surface area contributed by atoms with E-state index in [0.717, 1.165) is 13.0 Å². The highest BCUT2D eigenvalue weighted by Gasteiger charge is 2.19. The molecule has 114 valence electrons. The molecule has 9 heteroatoms. The normalized spacial score (nSPS) is 11.5. The highest BCUT2D eigenvalue weighted by molar-refractivity contribution is 7.92. The van der Waals surface area contributed by atoms with Crippen molar-refractivity contribution >= 4 is 15.8 Å². The number of hydrogen-bond donors (Lipinski definition) is 3. The van der Waals surface area contributed by atoms with Crippen LogP contribution in [0.4, 0.5) is 5.82 Å². The van der Waals surface area contributed by atoms with Crippen molar-refractivity contribution in [1.29, 1.82) is 0 Å². The van der Waals surface area contributed by atoms with Gasteiger partial charge < -0.3 is 9.73 Å². The Morgan fingerprint density at radius 2 is 2.10 bits per heavy atom. The number of nitrogens with zero attached hydrogens (tertiary/aromatic N) is 1. The van der Waals surface area contributed by atoms with E-state index in [1.165, 1.54) is 18.2 Å². The highest BCUT2D eigenvalue weighted by atomic mass is 32.2. The standard InChI is InChI=1S/C12H16N4O4S/c1-2-7-13-8-9-3-6-12(20-9)21(18,19)16-10-4-5-11(17)15-14-10/h3-6,13H,2,7-8H2,1H3,(H,14,16)(H,15,17). The third kappa shape index (κ3) is 4.17. The summed E-state index contributed by atoms with van der Waals surface area (Å²) < 4.78 is 31.6. The van der Waals surface area contributed by atoms with E-state index in [-0.39, 0.29) is 10.9 Å². The molecule has 0 radical (unpaired) electrons. The summed E-state index contributed by atoms with van der Waals surface area (Å²) in [6.45, 7) is 3.31. The average Bonchev–Trinajstić information content (AvgIpc) is 2.91. The zero-order chi connectivity index (χ0) is 15.3. The second-order valence-electron chi connectivity index (χ2n) is 4.31. The van der Waals surface area contributed by atoms with Gasteiger partial charge >= 0.3 is 0 Å². The summed E-state index contributed by atoms with van der Waals surface area (Å²) in [7, 11) is -3.86. The van der Waals surface area contributed by atoms with Crippen LogP contribution in [0.5, 0.6) is 0 Å². The lowest BCUT2D eigenvalue weighted by molar-refractivity contribution is 0.403. The first-order chi connectivity index (χ1) is 10.0. The minimum Gasteiger partial charge on any atom is -0.446 e. The first-order valence-electron chi connectivity index (χ1n) is 6.39. The third-order valence-electron chi connectivity index (χ3n) is 2.55. The molecule has 0 unspecified atom stereocenters. The van der Waals surface area contributed by atoms with Crippen LogP contribution in [0.2, 0.25) is 0 Å². The molecule has 2 heterocycles. The lowest BCUT2D eigenvalue weighted by Gasteiger charge is -2.04. The number of anilines is 1. The Morgan fingerprint density at radius 1 is 1.29 bits per heavy atom. The number of aromatic nitrogens is 2. The van der Waals surface area contributed by atoms with Gasteiger partial charge in [-0.25, -0.2) is 5.10 Å². The molecule has 0 aliphatic heterocycles. The van der Waals surface area contributed by atoms with Gasteiger partial charge in [-0.05, 0) is 31.2 Å². The maximum atomic E-state index is 12.1. The van der Waals surface area contributed by atoms with Crippen LogP contribution in [0.25, 0.3) is 0 Å². The topological polar surface area (TPSA) is 117 Å². The van der Waals surface area contributed by atoms with Gasteiger partial charge in [-0.2, -0.15) is 13.5 Å². The fourth-order valence-corrected chi connectivity index (χ4v) is 2.53. The molecule has 21 heavy (non-hydrogen) atoms. The first-order valence-corrected chi connectivity index (χ1v) is 7.87. The minimum atomic E-state index is -3.86. The van der Waals surface area contributed by atoms with Gasteiger partial charge in [0.25, 0.3) is 15.6 Å². The largest absolute Gasteiger partial charge is 0.446 e. The number of hydrogen-bond acceptors (Lipinski definition) is 6. The summed E-state index contributed by atoms with van der Waals surface area (Å²) in [5.41, 5.74) is -0.416. The molecule has 2 rings (SSSR count). The number of H-pyrrole nitrogens is 1. The molecular weight excluding hydrogens is 296 g/mol. The van der Waals surface area contributed by atoms with Gasteiger partial charge in [0.05, 0.1) is 6.54 Å². The second kappa shape index (κ2) is 6.55. The van der Waals surface area contributed by atoms with Crippen LogP contribution in [-0.4, -0.2) is 25.2 Å². The molecule has 0 spiro atoms. The fourth-order valence-electron chi connectivity index (χ4n) is 1.58. The van der Waals surface area contributed by atoms with Gasteiger partial charge in [0, 0.05) is 6.07 Å². The van der Waals surface area contributed by atoms with Crippen LogP contribution in [0.1, 0.15) is 19.1 Å². The molecule has 2 aromatic heterocycles. The summed E-state index contributed by atoms with van der Waals surface area (Å²) >= 11 is 0. The Hall–Kier alpha value is -2.13. The van der Waals surface area contributed by atoms with Crippen molar-refractivity contribution in [3.8, 4) is 0 Å². The summed E-state index contributed by atoms with van der Waals surface area (Å²) in [6.07, 6.45) is 0.977. The molecule has 2 aromatic rings. The quantitative estimate of drug-likeness (QED) is 0.647. The van der Waals surface area contributed by atoms with E-state index in [1.807, 2.05) is 6.92 Å². The zero-order valence-corrected chi connectivity index (χ0v) is 12.2. The summed E-state index contributed by atoms with van der Waals surface area (Å²) in [5.74, 6) is 0.537. The number of sulfonamides is 1. The molecule has 0 saturated carbocycles. The van der Waals surface area contributed by atoms with Crippen molar-refractivity contribution in [3.05, 3.63) is 40.4 Å². The zero-order valence-electron chi connectivity index (χ0n) is 11.4. The Labute approximate surface area is 121 Å². The maximum Gasteiger partial charge on any atom is 0.296 e. The molecule has 0 aliphatic rings. The van der Waals surface area contributed by atoms with E-state index in [1.54, 1.807) is 6.07 Å². The minimum absolute atomic E-state index is 0.0108. The Morgan fingerprint density at radius 3 is 2.76 bits per heavy atom. The van der Waals surface area contributed by atoms with E-state index in [0.29, 0.717) is 12.3 Å². The molecule has 0 atom stereocenters. The van der Waals surface area contributed by atoms with Crippen LogP contribution in [0, 0.1) is 0 Å². The van der Waals surface area contributed by atoms with Crippen LogP contribution in [0.15, 0.2) is 38.6 Å². The number of furan rings is 1. The van der Waals surface area contributed by atoms with Crippen molar-refractivity contribution in [2.75, 3.05) is 11.3 Å². The van der Waals surface area contributed by atoms with Crippen LogP contribution >= 0.6 is 0 Å². The monoisotopic (exact) mass is 312 g/mol. The van der Waals surface area contributed by atoms with Crippen molar-refractivity contribution in [1.82, 2.24) is 15.5 Å². The van der Waals surface area contributed by atoms with Gasteiger partial charge in [-0.1, -0.05) is 6.92 Å². The predicted molar refractivity (Wildman–Crippen MR) is 76.4 cm³/mol. The van der Waals surface area contributed by atoms with Gasteiger partial charge in [-0.3, -0.25) is 9.52 Å². The van der Waals surface area contributed by atoms with E-state index in [9.17, 15) is 13.2 Å². The van der Waals surface area contributed by atoms with Crippen LogP contribution < -0.4 is 15.6 Å². The molecule has 0 bridgehead atoms. The molecule has 0 aliphatic carbocycles. The van der Waals surface area contributed by atoms with Crippen molar-refractivity contribution < 1.29 is 12.8 Å². The van der Waals surface area contributed by atoms with Crippen LogP contribution in [-0.2, 0) is 16.6 Å². The Balaban J connectivity index is 2.08. The average molecular weight is 312 g/mol. The molecule has 0 saturated heterocycles. The van der Waals surface area contributed by atoms with Gasteiger partial charge in [0.15, 0.2) is 5.82 Å². The van der Waals surface area contributed by atoms with Gasteiger partial charge in [0.1, 0.15) is 5.76 Å². The molecule has 8 nitrogen and oxygen atoms in total. The number of nitrogens with one attached hydrogen (secondary N) is 3. The highest BCUT2D eigenvalue weighted by Crippen LogP contribution is 2.16. The predicted octanol–water partition coefficient (Wildman–Crippen LogP) is 0.663. The molecule has 0 fully saturated rings. The molecular formula is C12H16N4O4S. The maximum absolute atomic E-state index is 12.1. The second-order valence-corrected chi connectivity index (χ2v) is 5.92. The van der Waals surface area contributed by atoms with Crippen molar-refractivity contribution in [3.63, 3.8) is 0 Å². The van der Waals surface area contributed by atoms with Crippen molar-refractivity contribution in [2.24, 2.45) is 0 Å². The lowest BCUT2D eigenvalue weighted by atomic mass is 10.4. The summed E-state index contributed by atoms with van der Waals surface area (Å²) in [4.78, 5) is 10.9. The fraction of sp³-hybridized carbons (Fsp3) is 0.333. The van der Waals surface area contributed by atoms with Gasteiger partial charge in [0.2, 0.25) is 5.09 Å². The van der Waals surface area contributed by atoms with Crippen molar-refractivity contribution in [2.45, 2.75) is 25.0 Å². The molecule has 3 N–H and O–H groups in total. The van der Waals surface area contributed by atoms with E-state index in [2.05, 4.69) is 20.2 Å². The number of rotatable bonds is 7. The van der Waals surface area contributed by atoms with E-state index < -0.39 is 15.6 Å². The third-order valence-corrected chi connectivity index (χ3v) is 3.77. The molecule has 0 amide bonds. The summed E-state index contributed by atoms with van der Waals surface area (Å²) in [6, 6.07) is 5.41. The molecule has 0 aromatic carbocycles. The number of aromatic amines is 1. The SMILES string of the molecule is CCCNCc1ccc(S(=O)(=O)Nc2ccc(=O)[nH]n2)o1. The lowest BCUT2D eigenvalue weighted by Crippen LogP contribution is -2.16.